The first-order chi connectivity index (χ1) is 9.60. The standard InChI is InChI=1S/C15H23ClN4/c1-4-15(7-5-6-8-15)10-20-12(9-16)17-13-11(2)18-19(3)14(13)20/h4-10H2,1-3H3. The summed E-state index contributed by atoms with van der Waals surface area (Å²) >= 11 is 6.13. The number of nitrogens with zero attached hydrogens (tertiary/aromatic N) is 4. The molecule has 2 aromatic rings. The maximum absolute atomic E-state index is 6.13. The fourth-order valence-corrected chi connectivity index (χ4v) is 3.94. The van der Waals surface area contributed by atoms with Gasteiger partial charge in [-0.1, -0.05) is 19.8 Å². The third kappa shape index (κ3) is 2.05. The van der Waals surface area contributed by atoms with E-state index in [1.54, 1.807) is 0 Å². The minimum Gasteiger partial charge on any atom is -0.311 e. The molecule has 0 spiro atoms. The van der Waals surface area contributed by atoms with Gasteiger partial charge in [0.2, 0.25) is 0 Å². The zero-order valence-corrected chi connectivity index (χ0v) is 13.4. The molecule has 0 aliphatic heterocycles. The molecule has 1 aliphatic rings. The van der Waals surface area contributed by atoms with Crippen molar-refractivity contribution in [3.63, 3.8) is 0 Å². The summed E-state index contributed by atoms with van der Waals surface area (Å²) in [6.45, 7) is 5.36. The van der Waals surface area contributed by atoms with Gasteiger partial charge in [0.25, 0.3) is 0 Å². The van der Waals surface area contributed by atoms with E-state index in [1.807, 2.05) is 18.7 Å². The number of halogens is 1. The predicted molar refractivity (Wildman–Crippen MR) is 82.0 cm³/mol. The number of hydrogen-bond acceptors (Lipinski definition) is 2. The second-order valence-corrected chi connectivity index (χ2v) is 6.46. The van der Waals surface area contributed by atoms with Crippen molar-refractivity contribution in [2.24, 2.45) is 12.5 Å². The average Bonchev–Trinajstić information content (AvgIpc) is 3.10. The first kappa shape index (κ1) is 13.9. The van der Waals surface area contributed by atoms with Gasteiger partial charge in [0, 0.05) is 13.6 Å². The van der Waals surface area contributed by atoms with Gasteiger partial charge in [0.05, 0.1) is 11.6 Å². The second kappa shape index (κ2) is 5.06. The highest BCUT2D eigenvalue weighted by Crippen LogP contribution is 2.43. The SMILES string of the molecule is CCC1(Cn2c(CCl)nc3c(C)nn(C)c32)CCCC1. The van der Waals surface area contributed by atoms with Crippen LogP contribution in [-0.2, 0) is 19.5 Å². The Morgan fingerprint density at radius 3 is 2.60 bits per heavy atom. The van der Waals surface area contributed by atoms with Gasteiger partial charge in [0.1, 0.15) is 11.3 Å². The highest BCUT2D eigenvalue weighted by Gasteiger charge is 2.34. The van der Waals surface area contributed by atoms with Gasteiger partial charge in [-0.3, -0.25) is 4.68 Å². The summed E-state index contributed by atoms with van der Waals surface area (Å²) in [5.74, 6) is 1.45. The van der Waals surface area contributed by atoms with Gasteiger partial charge in [-0.2, -0.15) is 5.10 Å². The number of hydrogen-bond donors (Lipinski definition) is 0. The summed E-state index contributed by atoms with van der Waals surface area (Å²) in [5.41, 5.74) is 3.54. The predicted octanol–water partition coefficient (Wildman–Crippen LogP) is 3.79. The van der Waals surface area contributed by atoms with Crippen LogP contribution in [0.2, 0.25) is 0 Å². The van der Waals surface area contributed by atoms with Crippen LogP contribution in [0.4, 0.5) is 0 Å². The molecular formula is C15H23ClN4. The minimum absolute atomic E-state index is 0.423. The fourth-order valence-electron chi connectivity index (χ4n) is 3.73. The molecule has 2 aromatic heterocycles. The Morgan fingerprint density at radius 1 is 1.30 bits per heavy atom. The molecule has 5 heteroatoms. The number of alkyl halides is 1. The summed E-state index contributed by atoms with van der Waals surface area (Å²) in [6, 6.07) is 0. The van der Waals surface area contributed by atoms with E-state index in [0.717, 1.165) is 29.2 Å². The number of aryl methyl sites for hydroxylation is 2. The molecule has 110 valence electrons. The van der Waals surface area contributed by atoms with Crippen LogP contribution in [0.15, 0.2) is 0 Å². The Labute approximate surface area is 125 Å². The Balaban J connectivity index is 2.09. The molecule has 0 saturated heterocycles. The molecule has 2 heterocycles. The van der Waals surface area contributed by atoms with E-state index in [0.29, 0.717) is 11.3 Å². The number of aromatic nitrogens is 4. The third-order valence-corrected chi connectivity index (χ3v) is 5.24. The van der Waals surface area contributed by atoms with Crippen LogP contribution >= 0.6 is 11.6 Å². The van der Waals surface area contributed by atoms with Gasteiger partial charge in [0.15, 0.2) is 5.65 Å². The summed E-state index contributed by atoms with van der Waals surface area (Å²) in [7, 11) is 2.00. The molecule has 20 heavy (non-hydrogen) atoms. The Bertz CT molecular complexity index is 619. The topological polar surface area (TPSA) is 35.6 Å². The average molecular weight is 295 g/mol. The molecule has 0 N–H and O–H groups in total. The van der Waals surface area contributed by atoms with Gasteiger partial charge in [-0.25, -0.2) is 4.98 Å². The van der Waals surface area contributed by atoms with Gasteiger partial charge in [-0.15, -0.1) is 11.6 Å². The molecule has 0 radical (unpaired) electrons. The van der Waals surface area contributed by atoms with Crippen molar-refractivity contribution >= 4 is 22.8 Å². The van der Waals surface area contributed by atoms with Crippen LogP contribution in [0.1, 0.15) is 50.5 Å². The maximum Gasteiger partial charge on any atom is 0.158 e. The smallest absolute Gasteiger partial charge is 0.158 e. The molecule has 4 nitrogen and oxygen atoms in total. The van der Waals surface area contributed by atoms with Gasteiger partial charge >= 0.3 is 0 Å². The third-order valence-electron chi connectivity index (χ3n) is 5.00. The number of imidazole rings is 1. The van der Waals surface area contributed by atoms with Crippen molar-refractivity contribution in [2.45, 2.75) is 58.4 Å². The molecule has 1 fully saturated rings. The van der Waals surface area contributed by atoms with E-state index in [-0.39, 0.29) is 0 Å². The number of fused-ring (bicyclic) bond motifs is 1. The van der Waals surface area contributed by atoms with Crippen LogP contribution in [0.3, 0.4) is 0 Å². The van der Waals surface area contributed by atoms with Crippen molar-refractivity contribution < 1.29 is 0 Å². The van der Waals surface area contributed by atoms with Crippen LogP contribution in [0.25, 0.3) is 11.2 Å². The van der Waals surface area contributed by atoms with Crippen molar-refractivity contribution in [1.82, 2.24) is 19.3 Å². The lowest BCUT2D eigenvalue weighted by molar-refractivity contribution is 0.237. The highest BCUT2D eigenvalue weighted by atomic mass is 35.5. The summed E-state index contributed by atoms with van der Waals surface area (Å²) < 4.78 is 4.27. The lowest BCUT2D eigenvalue weighted by Crippen LogP contribution is -2.24. The van der Waals surface area contributed by atoms with E-state index in [1.165, 1.54) is 32.1 Å². The van der Waals surface area contributed by atoms with Crippen molar-refractivity contribution in [3.05, 3.63) is 11.5 Å². The Hall–Kier alpha value is -1.03. The molecule has 1 aliphatic carbocycles. The Morgan fingerprint density at radius 2 is 2.00 bits per heavy atom. The maximum atomic E-state index is 6.13. The zero-order valence-electron chi connectivity index (χ0n) is 12.6. The van der Waals surface area contributed by atoms with Crippen molar-refractivity contribution in [2.75, 3.05) is 0 Å². The van der Waals surface area contributed by atoms with E-state index in [9.17, 15) is 0 Å². The molecule has 0 bridgehead atoms. The molecule has 0 aromatic carbocycles. The largest absolute Gasteiger partial charge is 0.311 e. The molecule has 0 unspecified atom stereocenters. The lowest BCUT2D eigenvalue weighted by atomic mass is 9.83. The quantitative estimate of drug-likeness (QED) is 0.804. The molecule has 3 rings (SSSR count). The van der Waals surface area contributed by atoms with Crippen LogP contribution in [0.5, 0.6) is 0 Å². The van der Waals surface area contributed by atoms with Gasteiger partial charge < -0.3 is 4.57 Å². The summed E-state index contributed by atoms with van der Waals surface area (Å²) in [6.07, 6.45) is 6.58. The molecule has 0 amide bonds. The summed E-state index contributed by atoms with van der Waals surface area (Å²) in [5, 5.41) is 4.50. The Kier molecular flexibility index (Phi) is 3.53. The normalized spacial score (nSPS) is 18.2. The lowest BCUT2D eigenvalue weighted by Gasteiger charge is -2.28. The van der Waals surface area contributed by atoms with Crippen LogP contribution in [-0.4, -0.2) is 19.3 Å². The molecular weight excluding hydrogens is 272 g/mol. The van der Waals surface area contributed by atoms with E-state index in [2.05, 4.69) is 16.6 Å². The first-order valence-electron chi connectivity index (χ1n) is 7.55. The van der Waals surface area contributed by atoms with E-state index < -0.39 is 0 Å². The fraction of sp³-hybridized carbons (Fsp3) is 0.733. The van der Waals surface area contributed by atoms with E-state index in [4.69, 9.17) is 16.6 Å². The zero-order chi connectivity index (χ0) is 14.3. The molecule has 0 atom stereocenters. The monoisotopic (exact) mass is 294 g/mol. The highest BCUT2D eigenvalue weighted by molar-refractivity contribution is 6.16. The van der Waals surface area contributed by atoms with E-state index >= 15 is 0 Å². The molecule has 1 saturated carbocycles. The van der Waals surface area contributed by atoms with Crippen molar-refractivity contribution in [3.8, 4) is 0 Å². The van der Waals surface area contributed by atoms with Gasteiger partial charge in [-0.05, 0) is 31.6 Å². The van der Waals surface area contributed by atoms with Crippen LogP contribution in [0, 0.1) is 12.3 Å². The summed E-state index contributed by atoms with van der Waals surface area (Å²) in [4.78, 5) is 4.71. The van der Waals surface area contributed by atoms with Crippen molar-refractivity contribution in [1.29, 1.82) is 0 Å². The first-order valence-corrected chi connectivity index (χ1v) is 8.08. The number of rotatable bonds is 4. The minimum atomic E-state index is 0.423. The second-order valence-electron chi connectivity index (χ2n) is 6.19. The van der Waals surface area contributed by atoms with Crippen LogP contribution < -0.4 is 0 Å².